The van der Waals surface area contributed by atoms with Gasteiger partial charge in [-0.2, -0.15) is 0 Å². The van der Waals surface area contributed by atoms with E-state index in [2.05, 4.69) is 19.7 Å². The summed E-state index contributed by atoms with van der Waals surface area (Å²) in [5.74, 6) is -0.0224. The molecule has 1 atom stereocenters. The molecule has 2 aromatic carbocycles. The van der Waals surface area contributed by atoms with Gasteiger partial charge in [-0.05, 0) is 23.7 Å². The molecule has 0 saturated heterocycles. The van der Waals surface area contributed by atoms with Crippen LogP contribution in [0.1, 0.15) is 22.0 Å². The van der Waals surface area contributed by atoms with Crippen molar-refractivity contribution < 1.29 is 9.22 Å². The van der Waals surface area contributed by atoms with Crippen molar-refractivity contribution >= 4 is 14.1 Å². The van der Waals surface area contributed by atoms with E-state index in [0.29, 0.717) is 5.56 Å². The average molecular weight is 363 g/mol. The molecule has 2 aromatic rings. The Morgan fingerprint density at radius 2 is 1.31 bits per heavy atom. The number of carbonyl (C=O) groups is 1. The molecule has 0 spiro atoms. The summed E-state index contributed by atoms with van der Waals surface area (Å²) in [5, 5.41) is 0. The van der Waals surface area contributed by atoms with E-state index in [9.17, 15) is 4.79 Å². The highest BCUT2D eigenvalue weighted by Crippen LogP contribution is 2.33. The number of carbonyl (C=O) groups excluding carboxylic acids is 1. The molecule has 0 bridgehead atoms. The quantitative estimate of drug-likeness (QED) is 0.273. The molecule has 2 nitrogen and oxygen atoms in total. The van der Waals surface area contributed by atoms with Gasteiger partial charge < -0.3 is 4.43 Å². The van der Waals surface area contributed by atoms with E-state index in [1.54, 1.807) is 0 Å². The Labute approximate surface area is 157 Å². The van der Waals surface area contributed by atoms with Gasteiger partial charge in [0, 0.05) is 5.56 Å². The fourth-order valence-electron chi connectivity index (χ4n) is 3.09. The number of Topliss-reactive ketones (excluding diaryl/α,β-unsaturated/α-hetero) is 1. The van der Waals surface area contributed by atoms with Crippen molar-refractivity contribution in [3.63, 3.8) is 0 Å². The third-order valence-corrected chi connectivity index (χ3v) is 8.15. The van der Waals surface area contributed by atoms with E-state index >= 15 is 0 Å². The molecule has 0 aromatic heterocycles. The van der Waals surface area contributed by atoms with Crippen LogP contribution in [-0.2, 0) is 4.43 Å². The molecule has 3 heteroatoms. The van der Waals surface area contributed by atoms with Crippen LogP contribution in [0.5, 0.6) is 0 Å². The molecule has 0 aliphatic heterocycles. The smallest absolute Gasteiger partial charge is 0.205 e. The average Bonchev–Trinajstić information content (AvgIpc) is 2.68. The molecule has 134 valence electrons. The molecule has 1 unspecified atom stereocenters. The zero-order valence-electron chi connectivity index (χ0n) is 15.1. The fourth-order valence-corrected chi connectivity index (χ4v) is 6.20. The van der Waals surface area contributed by atoms with Gasteiger partial charge >= 0.3 is 0 Å². The minimum atomic E-state index is -2.31. The molecule has 0 aliphatic carbocycles. The number of ketones is 1. The van der Waals surface area contributed by atoms with Gasteiger partial charge in [0.05, 0.1) is 0 Å². The predicted molar refractivity (Wildman–Crippen MR) is 112 cm³/mol. The Morgan fingerprint density at radius 3 is 1.77 bits per heavy atom. The second-order valence-electron chi connectivity index (χ2n) is 6.30. The lowest BCUT2D eigenvalue weighted by molar-refractivity contribution is 0.0774. The first-order valence-corrected chi connectivity index (χ1v) is 11.3. The van der Waals surface area contributed by atoms with Gasteiger partial charge in [0.25, 0.3) is 0 Å². The van der Waals surface area contributed by atoms with Crippen LogP contribution in [0.25, 0.3) is 0 Å². The summed E-state index contributed by atoms with van der Waals surface area (Å²) < 4.78 is 6.64. The van der Waals surface area contributed by atoms with Gasteiger partial charge in [0.1, 0.15) is 6.10 Å². The van der Waals surface area contributed by atoms with Crippen molar-refractivity contribution in [1.82, 2.24) is 0 Å². The lowest BCUT2D eigenvalue weighted by atomic mass is 10.0. The Balaban J connectivity index is 2.45. The van der Waals surface area contributed by atoms with Crippen molar-refractivity contribution in [3.05, 3.63) is 110 Å². The van der Waals surface area contributed by atoms with Gasteiger partial charge in [0.2, 0.25) is 8.32 Å². The maximum Gasteiger partial charge on any atom is 0.205 e. The monoisotopic (exact) mass is 362 g/mol. The molecular formula is C23H26O2Si. The Kier molecular flexibility index (Phi) is 7.51. The molecular weight excluding hydrogens is 336 g/mol. The Morgan fingerprint density at radius 1 is 0.846 bits per heavy atom. The second kappa shape index (κ2) is 9.85. The van der Waals surface area contributed by atoms with Gasteiger partial charge in [-0.25, -0.2) is 0 Å². The van der Waals surface area contributed by atoms with Crippen LogP contribution in [0.2, 0.25) is 18.1 Å². The van der Waals surface area contributed by atoms with E-state index in [1.165, 1.54) is 0 Å². The van der Waals surface area contributed by atoms with E-state index in [4.69, 9.17) is 4.43 Å². The largest absolute Gasteiger partial charge is 0.402 e. The van der Waals surface area contributed by atoms with E-state index in [0.717, 1.165) is 23.7 Å². The second-order valence-corrected chi connectivity index (χ2v) is 10.1. The van der Waals surface area contributed by atoms with Crippen molar-refractivity contribution in [3.8, 4) is 0 Å². The molecule has 26 heavy (non-hydrogen) atoms. The third-order valence-electron chi connectivity index (χ3n) is 4.32. The molecule has 0 aliphatic rings. The highest BCUT2D eigenvalue weighted by molar-refractivity contribution is 6.75. The van der Waals surface area contributed by atoms with Crippen molar-refractivity contribution in [2.24, 2.45) is 0 Å². The summed E-state index contributed by atoms with van der Waals surface area (Å²) in [4.78, 5) is 13.3. The zero-order chi connectivity index (χ0) is 18.8. The molecule has 0 saturated carbocycles. The minimum Gasteiger partial charge on any atom is -0.402 e. The van der Waals surface area contributed by atoms with Gasteiger partial charge in [0.15, 0.2) is 5.78 Å². The number of allylic oxidation sites excluding steroid dienone is 3. The van der Waals surface area contributed by atoms with Crippen molar-refractivity contribution in [1.29, 1.82) is 0 Å². The minimum absolute atomic E-state index is 0.0224. The zero-order valence-corrected chi connectivity index (χ0v) is 16.1. The number of benzene rings is 2. The van der Waals surface area contributed by atoms with E-state index in [-0.39, 0.29) is 5.78 Å². The molecule has 2 rings (SSSR count). The van der Waals surface area contributed by atoms with E-state index < -0.39 is 14.4 Å². The van der Waals surface area contributed by atoms with Gasteiger partial charge in [-0.15, -0.1) is 19.7 Å². The highest BCUT2D eigenvalue weighted by Gasteiger charge is 2.37. The molecule has 0 heterocycles. The maximum absolute atomic E-state index is 13.3. The normalized spacial score (nSPS) is 12.2. The summed E-state index contributed by atoms with van der Waals surface area (Å²) in [6, 6.07) is 21.2. The van der Waals surface area contributed by atoms with Crippen LogP contribution >= 0.6 is 0 Å². The van der Waals surface area contributed by atoms with Crippen molar-refractivity contribution in [2.45, 2.75) is 24.2 Å². The van der Waals surface area contributed by atoms with Crippen LogP contribution in [-0.4, -0.2) is 14.1 Å². The first-order chi connectivity index (χ1) is 12.7. The maximum atomic E-state index is 13.3. The lowest BCUT2D eigenvalue weighted by Crippen LogP contribution is -2.40. The lowest BCUT2D eigenvalue weighted by Gasteiger charge is -2.33. The predicted octanol–water partition coefficient (Wildman–Crippen LogP) is 6.13. The Bertz CT molecular complexity index is 711. The fraction of sp³-hybridized carbons (Fsp3) is 0.174. The summed E-state index contributed by atoms with van der Waals surface area (Å²) >= 11 is 0. The summed E-state index contributed by atoms with van der Waals surface area (Å²) in [6.45, 7) is 11.7. The van der Waals surface area contributed by atoms with Gasteiger partial charge in [-0.1, -0.05) is 78.9 Å². The Hall–Kier alpha value is -2.49. The molecule has 0 radical (unpaired) electrons. The highest BCUT2D eigenvalue weighted by atomic mass is 28.4. The van der Waals surface area contributed by atoms with Crippen LogP contribution in [0, 0.1) is 0 Å². The SMILES string of the molecule is C=CC[Si](CC=C)(CC=C)OC(C(=O)c1ccccc1)c1ccccc1. The number of hydrogen-bond acceptors (Lipinski definition) is 2. The van der Waals surface area contributed by atoms with Crippen LogP contribution in [0.4, 0.5) is 0 Å². The first-order valence-electron chi connectivity index (χ1n) is 8.80. The van der Waals surface area contributed by atoms with Crippen LogP contribution < -0.4 is 0 Å². The van der Waals surface area contributed by atoms with E-state index in [1.807, 2.05) is 78.9 Å². The first kappa shape index (κ1) is 19.8. The molecule has 0 fully saturated rings. The summed E-state index contributed by atoms with van der Waals surface area (Å²) in [6.07, 6.45) is 5.02. The number of rotatable bonds is 11. The molecule has 0 amide bonds. The summed E-state index contributed by atoms with van der Waals surface area (Å²) in [7, 11) is -2.31. The summed E-state index contributed by atoms with van der Waals surface area (Å²) in [5.41, 5.74) is 1.52. The van der Waals surface area contributed by atoms with Crippen LogP contribution in [0.15, 0.2) is 98.6 Å². The number of hydrogen-bond donors (Lipinski definition) is 0. The standard InChI is InChI=1S/C23H26O2Si/c1-4-17-26(18-5-2,19-6-3)25-23(21-15-11-8-12-16-21)22(24)20-13-9-7-10-14-20/h4-16,23H,1-3,17-19H2. The van der Waals surface area contributed by atoms with Gasteiger partial charge in [-0.3, -0.25) is 4.79 Å². The van der Waals surface area contributed by atoms with Crippen LogP contribution in [0.3, 0.4) is 0 Å². The van der Waals surface area contributed by atoms with Crippen molar-refractivity contribution in [2.75, 3.05) is 0 Å². The third kappa shape index (κ3) is 5.01. The topological polar surface area (TPSA) is 26.3 Å². The molecule has 0 N–H and O–H groups in total.